The molecule has 20 heteroatoms. The lowest BCUT2D eigenvalue weighted by Crippen LogP contribution is -2.59. The Bertz CT molecular complexity index is 1630. The number of hydrogen-bond donors (Lipinski definition) is 7. The number of aromatic nitrogens is 1. The van der Waals surface area contributed by atoms with Gasteiger partial charge in [0, 0.05) is 36.7 Å². The average molecular weight is 854 g/mol. The van der Waals surface area contributed by atoms with Crippen molar-refractivity contribution in [1.82, 2.24) is 36.2 Å². The SMILES string of the molecule is CCCC[C@@H](NC(=O)C(Cc1cn(C(=O)OC)c2ccccc12)NC(=O)C(CC(C)(C)C)NC(=O)N1C(C)CCCC1C)OCOCCCCC(CON(O)O)ON(O)O. The van der Waals surface area contributed by atoms with Gasteiger partial charge in [0.15, 0.2) is 0 Å². The predicted octanol–water partition coefficient (Wildman–Crippen LogP) is 5.25. The smallest absolute Gasteiger partial charge is 0.418 e. The zero-order valence-corrected chi connectivity index (χ0v) is 36.0. The first-order valence-corrected chi connectivity index (χ1v) is 20.7. The van der Waals surface area contributed by atoms with E-state index in [4.69, 9.17) is 39.9 Å². The lowest BCUT2D eigenvalue weighted by molar-refractivity contribution is -0.527. The maximum Gasteiger partial charge on any atom is 0.418 e. The van der Waals surface area contributed by atoms with Crippen LogP contribution in [-0.2, 0) is 39.9 Å². The van der Waals surface area contributed by atoms with Crippen LogP contribution in [-0.4, -0.2) is 129 Å². The van der Waals surface area contributed by atoms with Gasteiger partial charge in [-0.05, 0) is 88.7 Å². The molecule has 2 aromatic rings. The molecule has 60 heavy (non-hydrogen) atoms. The number of carbonyl (C=O) groups is 4. The van der Waals surface area contributed by atoms with Crippen LogP contribution in [0.15, 0.2) is 30.5 Å². The average Bonchev–Trinajstić information content (AvgIpc) is 3.54. The van der Waals surface area contributed by atoms with Gasteiger partial charge < -0.3 is 35.1 Å². The molecule has 1 aliphatic heterocycles. The Morgan fingerprint density at radius 1 is 0.900 bits per heavy atom. The van der Waals surface area contributed by atoms with Gasteiger partial charge in [0.2, 0.25) is 11.8 Å². The van der Waals surface area contributed by atoms with Crippen LogP contribution in [0.1, 0.15) is 111 Å². The third kappa shape index (κ3) is 16.8. The maximum absolute atomic E-state index is 14.3. The molecular weight excluding hydrogens is 786 g/mol. The van der Waals surface area contributed by atoms with Crippen molar-refractivity contribution < 1.29 is 63.9 Å². The number of methoxy groups -OCH3 is 1. The molecule has 1 fully saturated rings. The van der Waals surface area contributed by atoms with Gasteiger partial charge in [0.1, 0.15) is 37.8 Å². The summed E-state index contributed by atoms with van der Waals surface area (Å²) in [6, 6.07) is 4.71. The zero-order valence-electron chi connectivity index (χ0n) is 36.0. The summed E-state index contributed by atoms with van der Waals surface area (Å²) in [5.41, 5.74) is 0.800. The Kier molecular flexibility index (Phi) is 21.1. The van der Waals surface area contributed by atoms with Gasteiger partial charge in [-0.15, -0.1) is 0 Å². The Labute approximate surface area is 351 Å². The highest BCUT2D eigenvalue weighted by atomic mass is 17.1. The van der Waals surface area contributed by atoms with E-state index < -0.39 is 53.1 Å². The summed E-state index contributed by atoms with van der Waals surface area (Å²) >= 11 is 0. The molecule has 0 aliphatic carbocycles. The predicted molar refractivity (Wildman–Crippen MR) is 215 cm³/mol. The van der Waals surface area contributed by atoms with E-state index >= 15 is 0 Å². The standard InChI is InChI=1S/C40H67N7O13/c1-8-9-20-35(58-26-57-21-13-12-17-30(60-47(54)55)25-59-46(52)53)43-36(48)32(22-29-24-44(39(51)56-7)34-19-11-10-18-31(29)34)41-37(49)33(23-40(4,5)6)42-38(50)45-27(2)15-14-16-28(45)3/h10-11,18-19,24,27-28,30,32-33,35,52-55H,8-9,12-17,20-23,25-26H2,1-7H3,(H,41,49)(H,42,50)(H,43,48)/t27?,28?,30?,32?,33?,35-/m0/s1. The summed E-state index contributed by atoms with van der Waals surface area (Å²) in [5.74, 6) is -1.07. The van der Waals surface area contributed by atoms with Gasteiger partial charge in [-0.2, -0.15) is 0 Å². The Morgan fingerprint density at radius 2 is 1.58 bits per heavy atom. The Morgan fingerprint density at radius 3 is 2.22 bits per heavy atom. The van der Waals surface area contributed by atoms with Crippen molar-refractivity contribution in [3.8, 4) is 0 Å². The number of unbranched alkanes of at least 4 members (excludes halogenated alkanes) is 2. The second-order valence-corrected chi connectivity index (χ2v) is 16.4. The van der Waals surface area contributed by atoms with Gasteiger partial charge in [-0.3, -0.25) is 35.0 Å². The summed E-state index contributed by atoms with van der Waals surface area (Å²) in [4.78, 5) is 66.2. The molecule has 0 spiro atoms. The van der Waals surface area contributed by atoms with Crippen molar-refractivity contribution in [3.05, 3.63) is 36.0 Å². The Hall–Kier alpha value is -3.96. The fraction of sp³-hybridized carbons (Fsp3) is 0.700. The fourth-order valence-corrected chi connectivity index (χ4v) is 7.29. The number of piperidine rings is 1. The number of fused-ring (bicyclic) bond motifs is 1. The molecule has 2 heterocycles. The van der Waals surface area contributed by atoms with Crippen LogP contribution in [0.4, 0.5) is 9.59 Å². The van der Waals surface area contributed by atoms with Crippen LogP contribution in [0.3, 0.4) is 0 Å². The third-order valence-corrected chi connectivity index (χ3v) is 10.2. The molecule has 5 unspecified atom stereocenters. The molecule has 7 N–H and O–H groups in total. The van der Waals surface area contributed by atoms with Gasteiger partial charge in [-0.1, -0.05) is 52.3 Å². The number of para-hydroxylation sites is 1. The number of nitrogens with one attached hydrogen (secondary N) is 3. The van der Waals surface area contributed by atoms with Gasteiger partial charge >= 0.3 is 12.1 Å². The topological polar surface area (TPSA) is 246 Å². The molecule has 6 atom stereocenters. The van der Waals surface area contributed by atoms with E-state index in [1.807, 2.05) is 53.7 Å². The summed E-state index contributed by atoms with van der Waals surface area (Å²) < 4.78 is 18.0. The molecule has 20 nitrogen and oxygen atoms in total. The monoisotopic (exact) mass is 853 g/mol. The number of benzene rings is 1. The Balaban J connectivity index is 1.80. The second kappa shape index (κ2) is 25.1. The molecule has 1 saturated heterocycles. The molecule has 4 amide bonds. The quantitative estimate of drug-likeness (QED) is 0.0405. The fourth-order valence-electron chi connectivity index (χ4n) is 7.29. The highest BCUT2D eigenvalue weighted by Crippen LogP contribution is 2.26. The van der Waals surface area contributed by atoms with Crippen molar-refractivity contribution in [3.63, 3.8) is 0 Å². The highest BCUT2D eigenvalue weighted by molar-refractivity contribution is 5.95. The normalized spacial score (nSPS) is 18.0. The minimum absolute atomic E-state index is 0.000757. The third-order valence-electron chi connectivity index (χ3n) is 10.2. The van der Waals surface area contributed by atoms with Crippen molar-refractivity contribution in [1.29, 1.82) is 0 Å². The number of ether oxygens (including phenoxy) is 3. The summed E-state index contributed by atoms with van der Waals surface area (Å²) in [6.07, 6.45) is 5.43. The van der Waals surface area contributed by atoms with E-state index in [-0.39, 0.29) is 56.4 Å². The van der Waals surface area contributed by atoms with Crippen molar-refractivity contribution in [2.45, 2.75) is 149 Å². The lowest BCUT2D eigenvalue weighted by Gasteiger charge is -2.40. The molecular formula is C40H67N7O13. The first kappa shape index (κ1) is 50.4. The zero-order chi connectivity index (χ0) is 44.4. The van der Waals surface area contributed by atoms with Gasteiger partial charge in [-0.25, -0.2) is 19.3 Å². The molecule has 3 rings (SSSR count). The largest absolute Gasteiger partial charge is 0.452 e. The second-order valence-electron chi connectivity index (χ2n) is 16.4. The molecule has 1 aliphatic rings. The van der Waals surface area contributed by atoms with Crippen LogP contribution in [0.5, 0.6) is 0 Å². The van der Waals surface area contributed by atoms with Crippen molar-refractivity contribution in [2.75, 3.05) is 27.1 Å². The molecule has 0 saturated carbocycles. The van der Waals surface area contributed by atoms with Crippen LogP contribution in [0, 0.1) is 5.41 Å². The van der Waals surface area contributed by atoms with E-state index in [0.29, 0.717) is 48.6 Å². The first-order valence-electron chi connectivity index (χ1n) is 20.7. The van der Waals surface area contributed by atoms with E-state index in [9.17, 15) is 19.2 Å². The lowest BCUT2D eigenvalue weighted by atomic mass is 9.87. The number of urea groups is 1. The summed E-state index contributed by atoms with van der Waals surface area (Å²) in [5, 5.41) is 44.0. The van der Waals surface area contributed by atoms with Gasteiger partial charge in [0.25, 0.3) is 0 Å². The van der Waals surface area contributed by atoms with Crippen LogP contribution in [0.2, 0.25) is 0 Å². The van der Waals surface area contributed by atoms with E-state index in [0.717, 1.165) is 25.7 Å². The van der Waals surface area contributed by atoms with E-state index in [1.165, 1.54) is 11.7 Å². The van der Waals surface area contributed by atoms with Crippen molar-refractivity contribution >= 4 is 34.8 Å². The minimum atomic E-state index is -1.16. The van der Waals surface area contributed by atoms with Crippen LogP contribution >= 0.6 is 0 Å². The van der Waals surface area contributed by atoms with Crippen molar-refractivity contribution in [2.24, 2.45) is 5.41 Å². The number of amides is 4. The number of carbonyl (C=O) groups excluding carboxylic acids is 4. The van der Waals surface area contributed by atoms with E-state index in [2.05, 4.69) is 20.8 Å². The number of nitrogens with zero attached hydrogens (tertiary/aromatic N) is 4. The number of likely N-dealkylation sites (tertiary alicyclic amines) is 1. The summed E-state index contributed by atoms with van der Waals surface area (Å²) in [6.45, 7) is 11.6. The number of rotatable bonds is 24. The summed E-state index contributed by atoms with van der Waals surface area (Å²) in [7, 11) is 1.28. The molecule has 1 aromatic carbocycles. The number of hydrogen-bond acceptors (Lipinski definition) is 15. The van der Waals surface area contributed by atoms with Gasteiger partial charge in [0.05, 0.1) is 23.4 Å². The highest BCUT2D eigenvalue weighted by Gasteiger charge is 2.35. The van der Waals surface area contributed by atoms with Crippen LogP contribution in [0.25, 0.3) is 10.9 Å². The maximum atomic E-state index is 14.3. The molecule has 340 valence electrons. The minimum Gasteiger partial charge on any atom is -0.452 e. The molecule has 1 aromatic heterocycles. The molecule has 0 bridgehead atoms. The first-order chi connectivity index (χ1) is 28.4. The molecule has 0 radical (unpaired) electrons. The van der Waals surface area contributed by atoms with E-state index in [1.54, 1.807) is 23.2 Å². The van der Waals surface area contributed by atoms with Crippen LogP contribution < -0.4 is 16.0 Å².